The Morgan fingerprint density at radius 1 is 1.00 bits per heavy atom. The van der Waals surface area contributed by atoms with Crippen LogP contribution >= 0.6 is 0 Å². The number of benzene rings is 3. The molecular formula is C25H29NO4. The number of aliphatic hydroxyl groups is 3. The molecule has 4 rings (SSSR count). The fraction of sp³-hybridized carbons (Fsp3) is 0.360. The van der Waals surface area contributed by atoms with Gasteiger partial charge in [-0.25, -0.2) is 0 Å². The molecular weight excluding hydrogens is 378 g/mol. The molecule has 1 aliphatic rings. The molecule has 0 amide bonds. The summed E-state index contributed by atoms with van der Waals surface area (Å²) in [7, 11) is 0. The molecule has 1 aliphatic heterocycles. The van der Waals surface area contributed by atoms with Crippen molar-refractivity contribution in [1.82, 2.24) is 4.90 Å². The lowest BCUT2D eigenvalue weighted by Gasteiger charge is -2.30. The summed E-state index contributed by atoms with van der Waals surface area (Å²) in [4.78, 5) is 2.17. The summed E-state index contributed by atoms with van der Waals surface area (Å²) in [6.07, 6.45) is 0.714. The van der Waals surface area contributed by atoms with Crippen molar-refractivity contribution >= 4 is 10.8 Å². The van der Waals surface area contributed by atoms with Crippen LogP contribution in [-0.2, 0) is 6.61 Å². The van der Waals surface area contributed by atoms with E-state index in [4.69, 9.17) is 4.74 Å². The van der Waals surface area contributed by atoms with Crippen molar-refractivity contribution in [3.8, 4) is 16.9 Å². The van der Waals surface area contributed by atoms with Gasteiger partial charge in [-0.05, 0) is 58.5 Å². The van der Waals surface area contributed by atoms with Crippen molar-refractivity contribution in [2.75, 3.05) is 26.2 Å². The molecule has 1 unspecified atom stereocenters. The molecule has 0 aliphatic carbocycles. The number of fused-ring (bicyclic) bond motifs is 1. The Morgan fingerprint density at radius 3 is 2.60 bits per heavy atom. The van der Waals surface area contributed by atoms with E-state index >= 15 is 0 Å². The number of nitrogens with zero attached hydrogens (tertiary/aromatic N) is 1. The zero-order valence-corrected chi connectivity index (χ0v) is 17.1. The predicted octanol–water partition coefficient (Wildman–Crippen LogP) is 3.20. The van der Waals surface area contributed by atoms with Crippen molar-refractivity contribution in [2.24, 2.45) is 0 Å². The second-order valence-electron chi connectivity index (χ2n) is 8.05. The molecule has 1 fully saturated rings. The summed E-state index contributed by atoms with van der Waals surface area (Å²) >= 11 is 0. The maximum Gasteiger partial charge on any atom is 0.120 e. The maximum atomic E-state index is 10.4. The van der Waals surface area contributed by atoms with Crippen LogP contribution in [0.5, 0.6) is 5.75 Å². The first kappa shape index (κ1) is 20.8. The van der Waals surface area contributed by atoms with Crippen molar-refractivity contribution in [1.29, 1.82) is 0 Å². The van der Waals surface area contributed by atoms with Crippen LogP contribution in [0.4, 0.5) is 0 Å². The normalized spacial score (nSPS) is 16.6. The highest BCUT2D eigenvalue weighted by atomic mass is 16.5. The number of hydrogen-bond acceptors (Lipinski definition) is 5. The summed E-state index contributed by atoms with van der Waals surface area (Å²) in [6, 6.07) is 20.0. The summed E-state index contributed by atoms with van der Waals surface area (Å²) < 4.78 is 5.98. The number of β-amino-alcohol motifs (C(OH)–C–C–N with tert-alkyl or cyclic N) is 1. The fourth-order valence-electron chi connectivity index (χ4n) is 4.09. The van der Waals surface area contributed by atoms with Gasteiger partial charge in [0, 0.05) is 19.6 Å². The van der Waals surface area contributed by atoms with Crippen molar-refractivity contribution in [3.05, 3.63) is 66.2 Å². The Hall–Kier alpha value is -2.44. The highest BCUT2D eigenvalue weighted by Gasteiger charge is 2.19. The van der Waals surface area contributed by atoms with Crippen molar-refractivity contribution in [2.45, 2.75) is 31.7 Å². The van der Waals surface area contributed by atoms with Gasteiger partial charge in [0.1, 0.15) is 18.5 Å². The minimum atomic E-state index is -0.590. The number of hydrogen-bond donors (Lipinski definition) is 3. The van der Waals surface area contributed by atoms with Crippen LogP contribution in [0.15, 0.2) is 60.7 Å². The van der Waals surface area contributed by atoms with Crippen LogP contribution in [0, 0.1) is 0 Å². The third-order valence-corrected chi connectivity index (χ3v) is 5.72. The van der Waals surface area contributed by atoms with Gasteiger partial charge in [0.2, 0.25) is 0 Å². The lowest BCUT2D eigenvalue weighted by Crippen LogP contribution is -2.41. The largest absolute Gasteiger partial charge is 0.491 e. The Kier molecular flexibility index (Phi) is 6.65. The number of likely N-dealkylation sites (tertiary alicyclic amines) is 1. The molecule has 1 atom stereocenters. The predicted molar refractivity (Wildman–Crippen MR) is 118 cm³/mol. The summed E-state index contributed by atoms with van der Waals surface area (Å²) in [5.41, 5.74) is 2.93. The standard InChI is InChI=1S/C25H29NO4/c27-16-18-4-3-6-19(12-18)25-14-23(13-20-5-1-2-7-24(20)25)30-17-22(29)15-26-10-8-21(28)9-11-26/h1-7,12-14,21-22,27-29H,8-11,15-17H2. The summed E-state index contributed by atoms with van der Waals surface area (Å²) in [5.74, 6) is 0.714. The quantitative estimate of drug-likeness (QED) is 0.561. The zero-order valence-electron chi connectivity index (χ0n) is 17.1. The third-order valence-electron chi connectivity index (χ3n) is 5.72. The third kappa shape index (κ3) is 4.99. The molecule has 0 bridgehead atoms. The zero-order chi connectivity index (χ0) is 20.9. The van der Waals surface area contributed by atoms with Crippen LogP contribution in [-0.4, -0.2) is 58.7 Å². The Labute approximate surface area is 177 Å². The van der Waals surface area contributed by atoms with E-state index in [-0.39, 0.29) is 19.3 Å². The molecule has 0 saturated carbocycles. The van der Waals surface area contributed by atoms with E-state index in [1.165, 1.54) is 0 Å². The average molecular weight is 408 g/mol. The molecule has 0 aromatic heterocycles. The smallest absolute Gasteiger partial charge is 0.120 e. The molecule has 158 valence electrons. The first-order valence-electron chi connectivity index (χ1n) is 10.6. The highest BCUT2D eigenvalue weighted by Crippen LogP contribution is 2.33. The van der Waals surface area contributed by atoms with Gasteiger partial charge in [0.05, 0.1) is 12.7 Å². The second-order valence-corrected chi connectivity index (χ2v) is 8.05. The van der Waals surface area contributed by atoms with Crippen molar-refractivity contribution in [3.63, 3.8) is 0 Å². The van der Waals surface area contributed by atoms with E-state index in [1.54, 1.807) is 0 Å². The van der Waals surface area contributed by atoms with E-state index in [0.29, 0.717) is 12.3 Å². The van der Waals surface area contributed by atoms with Gasteiger partial charge in [-0.3, -0.25) is 0 Å². The minimum Gasteiger partial charge on any atom is -0.491 e. The number of ether oxygens (including phenoxy) is 1. The summed E-state index contributed by atoms with van der Waals surface area (Å²) in [5, 5.41) is 31.8. The number of rotatable bonds is 7. The lowest BCUT2D eigenvalue weighted by atomic mass is 9.96. The summed E-state index contributed by atoms with van der Waals surface area (Å²) in [6.45, 7) is 2.37. The molecule has 5 heteroatoms. The molecule has 3 N–H and O–H groups in total. The molecule has 0 spiro atoms. The Morgan fingerprint density at radius 2 is 1.80 bits per heavy atom. The molecule has 30 heavy (non-hydrogen) atoms. The molecule has 5 nitrogen and oxygen atoms in total. The Bertz CT molecular complexity index is 982. The van der Waals surface area contributed by atoms with Crippen LogP contribution < -0.4 is 4.74 Å². The van der Waals surface area contributed by atoms with Gasteiger partial charge < -0.3 is 25.0 Å². The van der Waals surface area contributed by atoms with Gasteiger partial charge in [0.25, 0.3) is 0 Å². The van der Waals surface area contributed by atoms with E-state index in [9.17, 15) is 15.3 Å². The monoisotopic (exact) mass is 407 g/mol. The first-order chi connectivity index (χ1) is 14.6. The molecule has 1 heterocycles. The lowest BCUT2D eigenvalue weighted by molar-refractivity contribution is 0.0338. The van der Waals surface area contributed by atoms with E-state index in [2.05, 4.69) is 17.0 Å². The minimum absolute atomic E-state index is 0.00167. The van der Waals surface area contributed by atoms with Crippen LogP contribution in [0.25, 0.3) is 21.9 Å². The van der Waals surface area contributed by atoms with Crippen LogP contribution in [0.2, 0.25) is 0 Å². The van der Waals surface area contributed by atoms with Crippen molar-refractivity contribution < 1.29 is 20.1 Å². The Balaban J connectivity index is 1.51. The molecule has 0 radical (unpaired) electrons. The highest BCUT2D eigenvalue weighted by molar-refractivity contribution is 5.98. The van der Waals surface area contributed by atoms with E-state index in [0.717, 1.165) is 53.4 Å². The first-order valence-corrected chi connectivity index (χ1v) is 10.6. The average Bonchev–Trinajstić information content (AvgIpc) is 2.78. The number of aliphatic hydroxyl groups excluding tert-OH is 3. The SMILES string of the molecule is OCc1cccc(-c2cc(OCC(O)CN3CCC(O)CC3)cc3ccccc23)c1. The van der Waals surface area contributed by atoms with E-state index < -0.39 is 6.10 Å². The topological polar surface area (TPSA) is 73.2 Å². The molecule has 1 saturated heterocycles. The maximum absolute atomic E-state index is 10.4. The second kappa shape index (κ2) is 9.58. The number of piperidine rings is 1. The van der Waals surface area contributed by atoms with Crippen LogP contribution in [0.1, 0.15) is 18.4 Å². The molecule has 3 aromatic carbocycles. The van der Waals surface area contributed by atoms with Gasteiger partial charge >= 0.3 is 0 Å². The molecule has 3 aromatic rings. The van der Waals surface area contributed by atoms with Gasteiger partial charge in [-0.15, -0.1) is 0 Å². The van der Waals surface area contributed by atoms with Crippen LogP contribution in [0.3, 0.4) is 0 Å². The van der Waals surface area contributed by atoms with E-state index in [1.807, 2.05) is 48.5 Å². The fourth-order valence-corrected chi connectivity index (χ4v) is 4.09. The van der Waals surface area contributed by atoms with Gasteiger partial charge in [-0.2, -0.15) is 0 Å². The van der Waals surface area contributed by atoms with Gasteiger partial charge in [0.15, 0.2) is 0 Å². The van der Waals surface area contributed by atoms with Gasteiger partial charge in [-0.1, -0.05) is 42.5 Å².